The molecule has 0 saturated carbocycles. The largest absolute Gasteiger partial charge is 0.339 e. The summed E-state index contributed by atoms with van der Waals surface area (Å²) in [5.41, 5.74) is 0.666. The van der Waals surface area contributed by atoms with E-state index in [1.54, 1.807) is 6.92 Å². The van der Waals surface area contributed by atoms with Crippen LogP contribution < -0.4 is 10.2 Å². The zero-order chi connectivity index (χ0) is 26.2. The van der Waals surface area contributed by atoms with Crippen LogP contribution in [0.25, 0.3) is 0 Å². The van der Waals surface area contributed by atoms with Gasteiger partial charge in [0.2, 0.25) is 0 Å². The third kappa shape index (κ3) is 4.22. The second-order valence-corrected chi connectivity index (χ2v) is 10.3. The highest BCUT2D eigenvalue weighted by atomic mass is 32.2. The zero-order valence-corrected chi connectivity index (χ0v) is 20.3. The van der Waals surface area contributed by atoms with Crippen LogP contribution >= 0.6 is 0 Å². The number of hydrogen-bond donors (Lipinski definition) is 1. The Morgan fingerprint density at radius 3 is 2.64 bits per heavy atom. The number of urea groups is 2. The van der Waals surface area contributed by atoms with Gasteiger partial charge in [-0.2, -0.15) is 5.26 Å². The molecule has 0 radical (unpaired) electrons. The number of nitrogens with one attached hydrogen (secondary N) is 1. The number of sulfone groups is 1. The molecule has 10 nitrogen and oxygen atoms in total. The summed E-state index contributed by atoms with van der Waals surface area (Å²) in [6.45, 7) is 0.978. The SMILES string of the molecule is CCNC(=O)N1C(=O)N(c2cc(CF)ccn2)C2=C(C(=O)CC2)C1c1ccc(C#N)cc1S(C)(=O)=O. The Balaban J connectivity index is 2.03. The van der Waals surface area contributed by atoms with E-state index in [9.17, 15) is 32.5 Å². The second-order valence-electron chi connectivity index (χ2n) is 8.30. The van der Waals surface area contributed by atoms with Gasteiger partial charge in [-0.3, -0.25) is 4.79 Å². The molecule has 4 rings (SSSR count). The molecule has 1 N–H and O–H groups in total. The van der Waals surface area contributed by atoms with Gasteiger partial charge >= 0.3 is 12.1 Å². The van der Waals surface area contributed by atoms with E-state index in [-0.39, 0.29) is 63.8 Å². The van der Waals surface area contributed by atoms with Crippen molar-refractivity contribution < 1.29 is 27.2 Å². The molecule has 2 aliphatic rings. The van der Waals surface area contributed by atoms with Crippen LogP contribution in [0.5, 0.6) is 0 Å². The fourth-order valence-corrected chi connectivity index (χ4v) is 5.40. The summed E-state index contributed by atoms with van der Waals surface area (Å²) in [5, 5.41) is 11.8. The van der Waals surface area contributed by atoms with Crippen molar-refractivity contribution in [2.45, 2.75) is 37.4 Å². The summed E-state index contributed by atoms with van der Waals surface area (Å²) in [6.07, 6.45) is 2.44. The number of nitriles is 1. The van der Waals surface area contributed by atoms with Gasteiger partial charge < -0.3 is 5.32 Å². The lowest BCUT2D eigenvalue weighted by atomic mass is 9.92. The first-order valence-corrected chi connectivity index (χ1v) is 12.9. The van der Waals surface area contributed by atoms with E-state index in [2.05, 4.69) is 10.3 Å². The van der Waals surface area contributed by atoms with Gasteiger partial charge in [0.1, 0.15) is 18.5 Å². The first-order chi connectivity index (χ1) is 17.1. The minimum Gasteiger partial charge on any atom is -0.338 e. The molecule has 2 aromatic rings. The molecule has 0 saturated heterocycles. The number of benzene rings is 1. The number of nitrogens with zero attached hydrogens (tertiary/aromatic N) is 4. The van der Waals surface area contributed by atoms with Crippen LogP contribution in [0.1, 0.15) is 42.5 Å². The number of Topliss-reactive ketones (excluding diaryl/α,β-unsaturated/α-hetero) is 1. The average molecular weight is 512 g/mol. The number of halogens is 1. The number of aromatic nitrogens is 1. The fraction of sp³-hybridized carbons (Fsp3) is 0.292. The zero-order valence-electron chi connectivity index (χ0n) is 19.5. The molecule has 36 heavy (non-hydrogen) atoms. The van der Waals surface area contributed by atoms with Crippen molar-refractivity contribution in [1.82, 2.24) is 15.2 Å². The number of rotatable bonds is 5. The summed E-state index contributed by atoms with van der Waals surface area (Å²) in [7, 11) is -3.94. The molecule has 1 aromatic carbocycles. The average Bonchev–Trinajstić information content (AvgIpc) is 3.23. The third-order valence-electron chi connectivity index (χ3n) is 5.98. The Kier molecular flexibility index (Phi) is 6.60. The van der Waals surface area contributed by atoms with Crippen LogP contribution in [-0.4, -0.2) is 48.9 Å². The summed E-state index contributed by atoms with van der Waals surface area (Å²) < 4.78 is 38.8. The number of pyridine rings is 1. The van der Waals surface area contributed by atoms with Gasteiger partial charge in [0, 0.05) is 36.7 Å². The first-order valence-electron chi connectivity index (χ1n) is 11.0. The van der Waals surface area contributed by atoms with Crippen LogP contribution in [0.4, 0.5) is 19.8 Å². The van der Waals surface area contributed by atoms with Gasteiger partial charge in [-0.25, -0.2) is 37.2 Å². The number of ketones is 1. The molecule has 4 amide bonds. The maximum Gasteiger partial charge on any atom is 0.339 e. The first kappa shape index (κ1) is 25.0. The van der Waals surface area contributed by atoms with E-state index in [0.29, 0.717) is 0 Å². The monoisotopic (exact) mass is 511 g/mol. The quantitative estimate of drug-likeness (QED) is 0.650. The van der Waals surface area contributed by atoms with Crippen LogP contribution in [0.3, 0.4) is 0 Å². The number of imide groups is 1. The highest BCUT2D eigenvalue weighted by molar-refractivity contribution is 7.90. The maximum absolute atomic E-state index is 13.9. The van der Waals surface area contributed by atoms with E-state index in [1.165, 1.54) is 30.5 Å². The molecule has 0 bridgehead atoms. The molecule has 1 aliphatic heterocycles. The molecule has 186 valence electrons. The highest BCUT2D eigenvalue weighted by Crippen LogP contribution is 2.46. The summed E-state index contributed by atoms with van der Waals surface area (Å²) in [6, 6.07) is 5.45. The molecule has 0 fully saturated rings. The molecule has 2 heterocycles. The van der Waals surface area contributed by atoms with Gasteiger partial charge in [0.25, 0.3) is 0 Å². The van der Waals surface area contributed by atoms with E-state index in [1.807, 2.05) is 6.07 Å². The van der Waals surface area contributed by atoms with Crippen LogP contribution in [0.2, 0.25) is 0 Å². The molecular formula is C24H22FN5O5S. The van der Waals surface area contributed by atoms with Gasteiger partial charge in [0.05, 0.1) is 16.5 Å². The lowest BCUT2D eigenvalue weighted by Crippen LogP contribution is -2.55. The molecule has 12 heteroatoms. The number of alkyl halides is 1. The Hall–Kier alpha value is -4.11. The van der Waals surface area contributed by atoms with Gasteiger partial charge in [0.15, 0.2) is 15.6 Å². The fourth-order valence-electron chi connectivity index (χ4n) is 4.46. The maximum atomic E-state index is 13.9. The van der Waals surface area contributed by atoms with Crippen molar-refractivity contribution in [3.63, 3.8) is 0 Å². The van der Waals surface area contributed by atoms with E-state index in [4.69, 9.17) is 0 Å². The predicted octanol–water partition coefficient (Wildman–Crippen LogP) is 3.16. The van der Waals surface area contributed by atoms with Crippen molar-refractivity contribution in [3.8, 4) is 6.07 Å². The Labute approximate surface area is 206 Å². The standard InChI is InChI=1S/C24H22FN5O5S/c1-3-27-23(32)30-22(16-5-4-15(13-26)10-19(16)36(2,34)35)21-17(6-7-18(21)31)29(24(30)33)20-11-14(12-25)8-9-28-20/h4-5,8-11,22H,3,6-7,12H2,1-2H3,(H,27,32). The van der Waals surface area contributed by atoms with Crippen molar-refractivity contribution in [2.24, 2.45) is 0 Å². The third-order valence-corrected chi connectivity index (χ3v) is 7.13. The van der Waals surface area contributed by atoms with E-state index in [0.717, 1.165) is 22.1 Å². The van der Waals surface area contributed by atoms with Crippen LogP contribution in [-0.2, 0) is 21.3 Å². The van der Waals surface area contributed by atoms with Crippen molar-refractivity contribution in [2.75, 3.05) is 17.7 Å². The molecule has 1 aromatic heterocycles. The van der Waals surface area contributed by atoms with Crippen molar-refractivity contribution in [3.05, 3.63) is 64.5 Å². The number of anilines is 1. The van der Waals surface area contributed by atoms with Crippen LogP contribution in [0.15, 0.2) is 52.7 Å². The lowest BCUT2D eigenvalue weighted by molar-refractivity contribution is -0.115. The molecule has 1 aliphatic carbocycles. The van der Waals surface area contributed by atoms with Crippen molar-refractivity contribution in [1.29, 1.82) is 5.26 Å². The van der Waals surface area contributed by atoms with E-state index >= 15 is 0 Å². The minimum absolute atomic E-state index is 0.0176. The number of allylic oxidation sites excluding steroid dienone is 1. The number of hydrogen-bond acceptors (Lipinski definition) is 7. The Morgan fingerprint density at radius 2 is 2.00 bits per heavy atom. The molecule has 1 atom stereocenters. The van der Waals surface area contributed by atoms with Gasteiger partial charge in [-0.05, 0) is 48.7 Å². The predicted molar refractivity (Wildman–Crippen MR) is 126 cm³/mol. The summed E-state index contributed by atoms with van der Waals surface area (Å²) in [5.74, 6) is -0.333. The lowest BCUT2D eigenvalue weighted by Gasteiger charge is -2.40. The number of carbonyl (C=O) groups is 3. The van der Waals surface area contributed by atoms with Crippen LogP contribution in [0, 0.1) is 11.3 Å². The Bertz CT molecular complexity index is 1460. The molecule has 1 unspecified atom stereocenters. The molecular weight excluding hydrogens is 489 g/mol. The minimum atomic E-state index is -3.94. The van der Waals surface area contributed by atoms with Gasteiger partial charge in [-0.15, -0.1) is 0 Å². The highest BCUT2D eigenvalue weighted by Gasteiger charge is 2.49. The van der Waals surface area contributed by atoms with Gasteiger partial charge in [-0.1, -0.05) is 6.07 Å². The number of carbonyl (C=O) groups excluding carboxylic acids is 3. The molecule has 0 spiro atoms. The van der Waals surface area contributed by atoms with Crippen molar-refractivity contribution >= 4 is 33.5 Å². The Morgan fingerprint density at radius 1 is 1.25 bits per heavy atom. The topological polar surface area (TPSA) is 141 Å². The number of amides is 4. The van der Waals surface area contributed by atoms with E-state index < -0.39 is 34.6 Å². The second kappa shape index (κ2) is 9.50. The smallest absolute Gasteiger partial charge is 0.338 e. The normalized spacial score (nSPS) is 17.8. The summed E-state index contributed by atoms with van der Waals surface area (Å²) in [4.78, 5) is 46.0. The summed E-state index contributed by atoms with van der Waals surface area (Å²) >= 11 is 0.